The van der Waals surface area contributed by atoms with Gasteiger partial charge in [-0.25, -0.2) is 0 Å². The zero-order chi connectivity index (χ0) is 13.0. The number of halogens is 2. The van der Waals surface area contributed by atoms with E-state index in [9.17, 15) is 0 Å². The van der Waals surface area contributed by atoms with E-state index in [4.69, 9.17) is 16.9 Å². The average molecular weight is 323 g/mol. The third kappa shape index (κ3) is 3.22. The van der Waals surface area contributed by atoms with Crippen molar-refractivity contribution in [1.29, 1.82) is 5.26 Å². The Morgan fingerprint density at radius 2 is 2.17 bits per heavy atom. The van der Waals surface area contributed by atoms with Crippen LogP contribution in [0.3, 0.4) is 0 Å². The van der Waals surface area contributed by atoms with E-state index in [-0.39, 0.29) is 0 Å². The molecule has 18 heavy (non-hydrogen) atoms. The first-order valence-electron chi connectivity index (χ1n) is 5.23. The van der Waals surface area contributed by atoms with Gasteiger partial charge in [0.25, 0.3) is 0 Å². The SMILES string of the molecule is N#Cc1ccc(NCc2ccc(Br)cn2)c(Cl)c1. The Hall–Kier alpha value is -1.57. The summed E-state index contributed by atoms with van der Waals surface area (Å²) in [5.41, 5.74) is 2.26. The first-order valence-corrected chi connectivity index (χ1v) is 6.40. The second kappa shape index (κ2) is 5.85. The molecule has 3 nitrogen and oxygen atoms in total. The van der Waals surface area contributed by atoms with Gasteiger partial charge >= 0.3 is 0 Å². The molecule has 0 aliphatic rings. The quantitative estimate of drug-likeness (QED) is 0.930. The van der Waals surface area contributed by atoms with Gasteiger partial charge in [0.1, 0.15) is 0 Å². The van der Waals surface area contributed by atoms with Gasteiger partial charge < -0.3 is 5.32 Å². The molecular weight excluding hydrogens is 314 g/mol. The highest BCUT2D eigenvalue weighted by Gasteiger charge is 2.02. The molecule has 0 saturated heterocycles. The number of nitrogens with one attached hydrogen (secondary N) is 1. The van der Waals surface area contributed by atoms with Crippen molar-refractivity contribution >= 4 is 33.2 Å². The standard InChI is InChI=1S/C13H9BrClN3/c14-10-2-3-11(17-7-10)8-18-13-4-1-9(6-16)5-12(13)15/h1-5,7,18H,8H2. The lowest BCUT2D eigenvalue weighted by Crippen LogP contribution is -2.01. The van der Waals surface area contributed by atoms with Crippen LogP contribution in [0.15, 0.2) is 41.0 Å². The highest BCUT2D eigenvalue weighted by molar-refractivity contribution is 9.10. The molecule has 2 rings (SSSR count). The molecule has 1 heterocycles. The molecule has 0 unspecified atom stereocenters. The predicted molar refractivity (Wildman–Crippen MR) is 75.4 cm³/mol. The molecule has 1 N–H and O–H groups in total. The van der Waals surface area contributed by atoms with Crippen molar-refractivity contribution in [2.75, 3.05) is 5.32 Å². The van der Waals surface area contributed by atoms with Crippen LogP contribution >= 0.6 is 27.5 Å². The highest BCUT2D eigenvalue weighted by Crippen LogP contribution is 2.23. The van der Waals surface area contributed by atoms with Gasteiger partial charge in [-0.2, -0.15) is 5.26 Å². The largest absolute Gasteiger partial charge is 0.378 e. The van der Waals surface area contributed by atoms with Crippen LogP contribution in [0.25, 0.3) is 0 Å². The maximum Gasteiger partial charge on any atom is 0.0992 e. The molecule has 5 heteroatoms. The normalized spacial score (nSPS) is 9.83. The molecule has 0 aliphatic heterocycles. The van der Waals surface area contributed by atoms with Crippen LogP contribution in [0.2, 0.25) is 5.02 Å². The third-order valence-electron chi connectivity index (χ3n) is 2.35. The number of nitriles is 1. The molecule has 90 valence electrons. The minimum absolute atomic E-state index is 0.533. The second-order valence-electron chi connectivity index (χ2n) is 3.63. The van der Waals surface area contributed by atoms with Crippen molar-refractivity contribution in [2.24, 2.45) is 0 Å². The van der Waals surface area contributed by atoms with E-state index in [1.54, 1.807) is 24.4 Å². The topological polar surface area (TPSA) is 48.7 Å². The Bertz CT molecular complexity index is 590. The fourth-order valence-corrected chi connectivity index (χ4v) is 1.91. The molecule has 0 aliphatic carbocycles. The van der Waals surface area contributed by atoms with E-state index in [2.05, 4.69) is 26.2 Å². The molecule has 0 amide bonds. The number of hydrogen-bond acceptors (Lipinski definition) is 3. The number of benzene rings is 1. The smallest absolute Gasteiger partial charge is 0.0992 e. The maximum atomic E-state index is 8.74. The number of anilines is 1. The number of nitrogens with zero attached hydrogens (tertiary/aromatic N) is 2. The van der Waals surface area contributed by atoms with E-state index in [1.165, 1.54) is 0 Å². The Balaban J connectivity index is 2.06. The van der Waals surface area contributed by atoms with Crippen molar-refractivity contribution in [3.05, 3.63) is 57.3 Å². The first kappa shape index (κ1) is 12.9. The number of pyridine rings is 1. The summed E-state index contributed by atoms with van der Waals surface area (Å²) in [5.74, 6) is 0. The lowest BCUT2D eigenvalue weighted by molar-refractivity contribution is 1.04. The zero-order valence-electron chi connectivity index (χ0n) is 9.32. The Kier molecular flexibility index (Phi) is 4.19. The molecule has 1 aromatic carbocycles. The Labute approximate surface area is 119 Å². The lowest BCUT2D eigenvalue weighted by Gasteiger charge is -2.08. The lowest BCUT2D eigenvalue weighted by atomic mass is 10.2. The first-order chi connectivity index (χ1) is 8.69. The summed E-state index contributed by atoms with van der Waals surface area (Å²) in [6.07, 6.45) is 1.75. The summed E-state index contributed by atoms with van der Waals surface area (Å²) in [6, 6.07) is 11.1. The maximum absolute atomic E-state index is 8.74. The number of rotatable bonds is 3. The second-order valence-corrected chi connectivity index (χ2v) is 4.95. The molecule has 0 spiro atoms. The summed E-state index contributed by atoms with van der Waals surface area (Å²) in [4.78, 5) is 4.25. The molecular formula is C13H9BrClN3. The van der Waals surface area contributed by atoms with Crippen molar-refractivity contribution < 1.29 is 0 Å². The number of aromatic nitrogens is 1. The molecule has 1 aromatic heterocycles. The summed E-state index contributed by atoms with van der Waals surface area (Å²) >= 11 is 9.39. The van der Waals surface area contributed by atoms with E-state index >= 15 is 0 Å². The van der Waals surface area contributed by atoms with E-state index in [0.717, 1.165) is 15.9 Å². The minimum atomic E-state index is 0.533. The Morgan fingerprint density at radius 3 is 2.78 bits per heavy atom. The van der Waals surface area contributed by atoms with Crippen LogP contribution in [-0.4, -0.2) is 4.98 Å². The van der Waals surface area contributed by atoms with Crippen molar-refractivity contribution in [3.8, 4) is 6.07 Å². The third-order valence-corrected chi connectivity index (χ3v) is 3.13. The van der Waals surface area contributed by atoms with Gasteiger partial charge in [-0.1, -0.05) is 11.6 Å². The molecule has 0 radical (unpaired) electrons. The van der Waals surface area contributed by atoms with E-state index in [0.29, 0.717) is 17.1 Å². The van der Waals surface area contributed by atoms with Crippen LogP contribution in [0.4, 0.5) is 5.69 Å². The van der Waals surface area contributed by atoms with Gasteiger partial charge in [0.05, 0.1) is 34.6 Å². The molecule has 0 saturated carbocycles. The summed E-state index contributed by atoms with van der Waals surface area (Å²) in [7, 11) is 0. The van der Waals surface area contributed by atoms with Crippen LogP contribution in [0, 0.1) is 11.3 Å². The van der Waals surface area contributed by atoms with Crippen molar-refractivity contribution in [1.82, 2.24) is 4.98 Å². The minimum Gasteiger partial charge on any atom is -0.378 e. The van der Waals surface area contributed by atoms with Crippen LogP contribution < -0.4 is 5.32 Å². The molecule has 0 bridgehead atoms. The predicted octanol–water partition coefficient (Wildman–Crippen LogP) is 3.98. The molecule has 2 aromatic rings. The van der Waals surface area contributed by atoms with Gasteiger partial charge in [-0.15, -0.1) is 0 Å². The summed E-state index contributed by atoms with van der Waals surface area (Å²) in [6.45, 7) is 0.582. The van der Waals surface area contributed by atoms with Gasteiger partial charge in [0.2, 0.25) is 0 Å². The van der Waals surface area contributed by atoms with E-state index in [1.807, 2.05) is 18.2 Å². The van der Waals surface area contributed by atoms with Crippen LogP contribution in [0.1, 0.15) is 11.3 Å². The summed E-state index contributed by atoms with van der Waals surface area (Å²) in [5, 5.41) is 12.5. The van der Waals surface area contributed by atoms with Crippen molar-refractivity contribution in [3.63, 3.8) is 0 Å². The molecule has 0 fully saturated rings. The highest BCUT2D eigenvalue weighted by atomic mass is 79.9. The van der Waals surface area contributed by atoms with Gasteiger partial charge in [0.15, 0.2) is 0 Å². The average Bonchev–Trinajstić information content (AvgIpc) is 2.39. The van der Waals surface area contributed by atoms with E-state index < -0.39 is 0 Å². The van der Waals surface area contributed by atoms with Crippen LogP contribution in [0.5, 0.6) is 0 Å². The molecule has 0 atom stereocenters. The van der Waals surface area contributed by atoms with Gasteiger partial charge in [-0.05, 0) is 46.3 Å². The zero-order valence-corrected chi connectivity index (χ0v) is 11.7. The monoisotopic (exact) mass is 321 g/mol. The summed E-state index contributed by atoms with van der Waals surface area (Å²) < 4.78 is 0.947. The van der Waals surface area contributed by atoms with Crippen LogP contribution in [-0.2, 0) is 6.54 Å². The number of hydrogen-bond donors (Lipinski definition) is 1. The van der Waals surface area contributed by atoms with Gasteiger partial charge in [-0.3, -0.25) is 4.98 Å². The van der Waals surface area contributed by atoms with Gasteiger partial charge in [0, 0.05) is 10.7 Å². The van der Waals surface area contributed by atoms with Crippen molar-refractivity contribution in [2.45, 2.75) is 6.54 Å². The fourth-order valence-electron chi connectivity index (χ4n) is 1.42. The fraction of sp³-hybridized carbons (Fsp3) is 0.0769. The Morgan fingerprint density at radius 1 is 1.33 bits per heavy atom.